The molecule has 0 amide bonds. The van der Waals surface area contributed by atoms with Crippen molar-refractivity contribution in [2.45, 2.75) is 10.1 Å². The highest BCUT2D eigenvalue weighted by Crippen LogP contribution is 2.25. The Morgan fingerprint density at radius 1 is 1.07 bits per heavy atom. The summed E-state index contributed by atoms with van der Waals surface area (Å²) in [5.74, 6) is 0.260. The Labute approximate surface area is 99.7 Å². The third-order valence-electron chi connectivity index (χ3n) is 1.64. The van der Waals surface area contributed by atoms with Crippen LogP contribution in [0.15, 0.2) is 51.2 Å². The summed E-state index contributed by atoms with van der Waals surface area (Å²) in [5.41, 5.74) is 0. The predicted octanol–water partition coefficient (Wildman–Crippen LogP) is 3.10. The zero-order valence-corrected chi connectivity index (χ0v) is 9.99. The van der Waals surface area contributed by atoms with Crippen LogP contribution < -0.4 is 0 Å². The van der Waals surface area contributed by atoms with Gasteiger partial charge in [0.05, 0.1) is 4.47 Å². The van der Waals surface area contributed by atoms with E-state index in [-0.39, 0.29) is 5.75 Å². The number of aromatic hydroxyl groups is 1. The van der Waals surface area contributed by atoms with Crippen molar-refractivity contribution in [3.63, 3.8) is 0 Å². The van der Waals surface area contributed by atoms with Gasteiger partial charge in [0.25, 0.3) is 0 Å². The van der Waals surface area contributed by atoms with E-state index < -0.39 is 0 Å². The van der Waals surface area contributed by atoms with E-state index in [0.717, 1.165) is 9.37 Å². The molecule has 1 N–H and O–H groups in total. The summed E-state index contributed by atoms with van der Waals surface area (Å²) in [6.07, 6.45) is 3.41. The number of hydrogen-bond acceptors (Lipinski definition) is 4. The Morgan fingerprint density at radius 3 is 2.27 bits per heavy atom. The monoisotopic (exact) mass is 282 g/mol. The van der Waals surface area contributed by atoms with Gasteiger partial charge >= 0.3 is 0 Å². The Morgan fingerprint density at radius 2 is 1.67 bits per heavy atom. The lowest BCUT2D eigenvalue weighted by molar-refractivity contribution is 0.475. The van der Waals surface area contributed by atoms with Crippen LogP contribution in [0.1, 0.15) is 0 Å². The van der Waals surface area contributed by atoms with E-state index in [1.165, 1.54) is 11.8 Å². The second-order valence-electron chi connectivity index (χ2n) is 2.78. The number of nitrogens with zero attached hydrogens (tertiary/aromatic N) is 2. The minimum atomic E-state index is 0.260. The molecule has 0 aliphatic rings. The Bertz CT molecular complexity index is 400. The smallest absolute Gasteiger partial charge is 0.192 e. The summed E-state index contributed by atoms with van der Waals surface area (Å²) in [6.45, 7) is 0. The Kier molecular flexibility index (Phi) is 3.23. The summed E-state index contributed by atoms with van der Waals surface area (Å²) >= 11 is 4.72. The third kappa shape index (κ3) is 2.94. The number of halogens is 1. The first-order valence-electron chi connectivity index (χ1n) is 4.18. The van der Waals surface area contributed by atoms with Gasteiger partial charge in [-0.25, -0.2) is 9.97 Å². The number of aromatic nitrogens is 2. The summed E-state index contributed by atoms with van der Waals surface area (Å²) in [6, 6.07) is 6.93. The van der Waals surface area contributed by atoms with E-state index in [1.807, 2.05) is 12.1 Å². The maximum Gasteiger partial charge on any atom is 0.192 e. The fourth-order valence-electron chi connectivity index (χ4n) is 0.973. The van der Waals surface area contributed by atoms with Gasteiger partial charge in [0.2, 0.25) is 0 Å². The van der Waals surface area contributed by atoms with Gasteiger partial charge < -0.3 is 5.11 Å². The molecule has 0 unspecified atom stereocenters. The van der Waals surface area contributed by atoms with Crippen molar-refractivity contribution in [3.8, 4) is 5.75 Å². The fourth-order valence-corrected chi connectivity index (χ4v) is 1.87. The minimum absolute atomic E-state index is 0.260. The van der Waals surface area contributed by atoms with Gasteiger partial charge in [-0.05, 0) is 52.0 Å². The van der Waals surface area contributed by atoms with Crippen molar-refractivity contribution in [2.75, 3.05) is 0 Å². The molecule has 0 atom stereocenters. The lowest BCUT2D eigenvalue weighted by Gasteiger charge is -1.99. The largest absolute Gasteiger partial charge is 0.508 e. The number of phenolic OH excluding ortho intramolecular Hbond substituents is 1. The summed E-state index contributed by atoms with van der Waals surface area (Å²) in [4.78, 5) is 9.27. The van der Waals surface area contributed by atoms with Crippen LogP contribution in [0.5, 0.6) is 5.75 Å². The number of hydrogen-bond donors (Lipinski definition) is 1. The maximum absolute atomic E-state index is 9.11. The van der Waals surface area contributed by atoms with Gasteiger partial charge in [-0.15, -0.1) is 0 Å². The molecule has 1 aromatic heterocycles. The lowest BCUT2D eigenvalue weighted by atomic mass is 10.3. The molecular weight excluding hydrogens is 276 g/mol. The first kappa shape index (κ1) is 10.4. The molecule has 1 heterocycles. The molecule has 0 radical (unpaired) electrons. The summed E-state index contributed by atoms with van der Waals surface area (Å²) in [5, 5.41) is 9.80. The van der Waals surface area contributed by atoms with Crippen molar-refractivity contribution in [1.82, 2.24) is 9.97 Å². The molecule has 2 aromatic rings. The van der Waals surface area contributed by atoms with Crippen molar-refractivity contribution >= 4 is 27.7 Å². The second-order valence-corrected chi connectivity index (χ2v) is 4.74. The van der Waals surface area contributed by atoms with Gasteiger partial charge in [-0.3, -0.25) is 0 Å². The van der Waals surface area contributed by atoms with E-state index in [2.05, 4.69) is 25.9 Å². The lowest BCUT2D eigenvalue weighted by Crippen LogP contribution is -1.84. The molecule has 0 aliphatic carbocycles. The number of rotatable bonds is 2. The predicted molar refractivity (Wildman–Crippen MR) is 62.0 cm³/mol. The highest BCUT2D eigenvalue weighted by atomic mass is 79.9. The molecule has 0 aliphatic heterocycles. The van der Waals surface area contributed by atoms with Crippen LogP contribution in [0.25, 0.3) is 0 Å². The third-order valence-corrected chi connectivity index (χ3v) is 2.95. The molecule has 0 bridgehead atoms. The van der Waals surface area contributed by atoms with Gasteiger partial charge in [-0.2, -0.15) is 0 Å². The van der Waals surface area contributed by atoms with Gasteiger partial charge in [0, 0.05) is 17.3 Å². The first-order valence-corrected chi connectivity index (χ1v) is 5.79. The molecule has 0 spiro atoms. The molecule has 0 saturated carbocycles. The van der Waals surface area contributed by atoms with Gasteiger partial charge in [0.1, 0.15) is 5.75 Å². The molecule has 1 aromatic carbocycles. The highest BCUT2D eigenvalue weighted by molar-refractivity contribution is 9.10. The molecular formula is C10H7BrN2OS. The van der Waals surface area contributed by atoms with E-state index in [1.54, 1.807) is 24.5 Å². The maximum atomic E-state index is 9.11. The van der Waals surface area contributed by atoms with Crippen molar-refractivity contribution in [2.24, 2.45) is 0 Å². The molecule has 0 saturated heterocycles. The molecule has 2 rings (SSSR count). The van der Waals surface area contributed by atoms with E-state index >= 15 is 0 Å². The molecule has 15 heavy (non-hydrogen) atoms. The topological polar surface area (TPSA) is 46.0 Å². The van der Waals surface area contributed by atoms with Crippen LogP contribution >= 0.6 is 27.7 Å². The van der Waals surface area contributed by atoms with Gasteiger partial charge in [-0.1, -0.05) is 0 Å². The SMILES string of the molecule is Oc1ccc(Sc2ncc(Br)cn2)cc1. The average Bonchev–Trinajstić information content (AvgIpc) is 2.25. The molecule has 76 valence electrons. The number of phenols is 1. The van der Waals surface area contributed by atoms with Crippen molar-refractivity contribution in [1.29, 1.82) is 0 Å². The van der Waals surface area contributed by atoms with E-state index in [4.69, 9.17) is 5.11 Å². The first-order chi connectivity index (χ1) is 7.24. The normalized spacial score (nSPS) is 10.2. The van der Waals surface area contributed by atoms with Crippen molar-refractivity contribution < 1.29 is 5.11 Å². The van der Waals surface area contributed by atoms with Crippen LogP contribution in [0.4, 0.5) is 0 Å². The van der Waals surface area contributed by atoms with Crippen LogP contribution in [0.3, 0.4) is 0 Å². The van der Waals surface area contributed by atoms with Crippen LogP contribution in [-0.4, -0.2) is 15.1 Å². The quantitative estimate of drug-likeness (QED) is 0.860. The average molecular weight is 283 g/mol. The summed E-state index contributed by atoms with van der Waals surface area (Å²) < 4.78 is 0.859. The van der Waals surface area contributed by atoms with Crippen LogP contribution in [0, 0.1) is 0 Å². The fraction of sp³-hybridized carbons (Fsp3) is 0. The van der Waals surface area contributed by atoms with Crippen LogP contribution in [0.2, 0.25) is 0 Å². The Hall–Kier alpha value is -1.07. The highest BCUT2D eigenvalue weighted by Gasteiger charge is 1.99. The van der Waals surface area contributed by atoms with E-state index in [0.29, 0.717) is 5.16 Å². The minimum Gasteiger partial charge on any atom is -0.508 e. The van der Waals surface area contributed by atoms with Crippen molar-refractivity contribution in [3.05, 3.63) is 41.1 Å². The number of benzene rings is 1. The summed E-state index contributed by atoms with van der Waals surface area (Å²) in [7, 11) is 0. The standard InChI is InChI=1S/C10H7BrN2OS/c11-7-5-12-10(13-6-7)15-9-3-1-8(14)2-4-9/h1-6,14H. The zero-order valence-electron chi connectivity index (χ0n) is 7.59. The zero-order chi connectivity index (χ0) is 10.7. The molecule has 5 heteroatoms. The van der Waals surface area contributed by atoms with E-state index in [9.17, 15) is 0 Å². The van der Waals surface area contributed by atoms with Gasteiger partial charge in [0.15, 0.2) is 5.16 Å². The van der Waals surface area contributed by atoms with Crippen LogP contribution in [-0.2, 0) is 0 Å². The molecule has 0 fully saturated rings. The molecule has 3 nitrogen and oxygen atoms in total. The Balaban J connectivity index is 2.15. The second kappa shape index (κ2) is 4.63.